The van der Waals surface area contributed by atoms with Gasteiger partial charge in [-0.05, 0) is 65.4 Å². The van der Waals surface area contributed by atoms with Crippen LogP contribution in [0.5, 0.6) is 0 Å². The van der Waals surface area contributed by atoms with Crippen molar-refractivity contribution in [2.75, 3.05) is 44.4 Å². The van der Waals surface area contributed by atoms with Crippen LogP contribution >= 0.6 is 29.9 Å². The van der Waals surface area contributed by atoms with E-state index >= 15 is 0 Å². The van der Waals surface area contributed by atoms with Crippen LogP contribution in [0.15, 0.2) is 0 Å². The number of rotatable bonds is 12. The molecule has 178 valence electrons. The normalized spacial score (nSPS) is 18.9. The smallest absolute Gasteiger partial charge is 0.379 e. The van der Waals surface area contributed by atoms with Gasteiger partial charge < -0.3 is 4.74 Å². The fourth-order valence-corrected chi connectivity index (χ4v) is 8.63. The summed E-state index contributed by atoms with van der Waals surface area (Å²) in [5, 5.41) is 0.178. The summed E-state index contributed by atoms with van der Waals surface area (Å²) in [5.74, 6) is 1.11. The van der Waals surface area contributed by atoms with Crippen molar-refractivity contribution in [3.8, 4) is 0 Å². The van der Waals surface area contributed by atoms with Gasteiger partial charge in [0, 0.05) is 30.0 Å². The lowest BCUT2D eigenvalue weighted by atomic mass is 9.91. The number of carbonyl (C=O) groups excluding carboxylic acids is 1. The van der Waals surface area contributed by atoms with E-state index in [1.165, 1.54) is 23.1 Å². The first-order valence-corrected chi connectivity index (χ1v) is 14.9. The predicted octanol–water partition coefficient (Wildman–Crippen LogP) is 5.86. The van der Waals surface area contributed by atoms with Crippen molar-refractivity contribution in [3.05, 3.63) is 0 Å². The fraction of sp³-hybridized carbons (Fsp3) is 0.952. The molecule has 0 aromatic rings. The minimum absolute atomic E-state index is 0.178. The highest BCUT2D eigenvalue weighted by Crippen LogP contribution is 2.65. The highest BCUT2D eigenvalue weighted by molar-refractivity contribution is 8.55. The Balaban J connectivity index is 2.51. The monoisotopic (exact) mass is 483 g/mol. The van der Waals surface area contributed by atoms with E-state index in [9.17, 15) is 9.36 Å². The molecule has 6 nitrogen and oxygen atoms in total. The zero-order valence-corrected chi connectivity index (χ0v) is 22.6. The number of morpholine rings is 1. The van der Waals surface area contributed by atoms with Gasteiger partial charge in [-0.1, -0.05) is 32.5 Å². The molecule has 30 heavy (non-hydrogen) atoms. The molecule has 1 aliphatic rings. The molecule has 1 fully saturated rings. The molecule has 1 heterocycles. The van der Waals surface area contributed by atoms with Crippen molar-refractivity contribution in [1.29, 1.82) is 0 Å². The van der Waals surface area contributed by atoms with E-state index < -0.39 is 18.0 Å². The highest BCUT2D eigenvalue weighted by Gasteiger charge is 2.37. The van der Waals surface area contributed by atoms with Crippen molar-refractivity contribution >= 4 is 35.1 Å². The minimum Gasteiger partial charge on any atom is -0.379 e. The van der Waals surface area contributed by atoms with Crippen LogP contribution in [0.25, 0.3) is 0 Å². The molecular weight excluding hydrogens is 441 g/mol. The third-order valence-corrected chi connectivity index (χ3v) is 10.5. The van der Waals surface area contributed by atoms with E-state index in [2.05, 4.69) is 4.90 Å². The van der Waals surface area contributed by atoms with Crippen molar-refractivity contribution < 1.29 is 23.1 Å². The van der Waals surface area contributed by atoms with E-state index in [4.69, 9.17) is 13.8 Å². The van der Waals surface area contributed by atoms with E-state index in [1.807, 2.05) is 55.4 Å². The Morgan fingerprint density at radius 2 is 1.63 bits per heavy atom. The average Bonchev–Trinajstić information content (AvgIpc) is 2.62. The molecule has 0 radical (unpaired) electrons. The van der Waals surface area contributed by atoms with Crippen LogP contribution in [-0.2, 0) is 23.1 Å². The summed E-state index contributed by atoms with van der Waals surface area (Å²) in [6.45, 7) is 16.5. The van der Waals surface area contributed by atoms with Gasteiger partial charge in [-0.2, -0.15) is 0 Å². The lowest BCUT2D eigenvalue weighted by Crippen LogP contribution is -2.39. The number of carbonyl (C=O) groups is 1. The SMILES string of the molecule is CCC(C)(C)OP(=O)(OC(C)(C)C)SCCSC(=O)C(C)(C)CCN1CCOCC1. The zero-order valence-electron chi connectivity index (χ0n) is 20.1. The second kappa shape index (κ2) is 12.1. The van der Waals surface area contributed by atoms with E-state index in [0.717, 1.165) is 45.7 Å². The average molecular weight is 484 g/mol. The van der Waals surface area contributed by atoms with E-state index in [-0.39, 0.29) is 10.5 Å². The van der Waals surface area contributed by atoms with Gasteiger partial charge in [-0.3, -0.25) is 18.7 Å². The van der Waals surface area contributed by atoms with E-state index in [1.54, 1.807) is 0 Å². The van der Waals surface area contributed by atoms with Crippen LogP contribution in [0.2, 0.25) is 0 Å². The number of hydrogen-bond acceptors (Lipinski definition) is 8. The molecule has 0 amide bonds. The van der Waals surface area contributed by atoms with Gasteiger partial charge in [0.1, 0.15) is 0 Å². The Morgan fingerprint density at radius 1 is 1.03 bits per heavy atom. The molecule has 0 aromatic carbocycles. The van der Waals surface area contributed by atoms with Gasteiger partial charge in [-0.25, -0.2) is 4.57 Å². The van der Waals surface area contributed by atoms with Crippen LogP contribution in [0.3, 0.4) is 0 Å². The Hall–Kier alpha value is 0.440. The summed E-state index contributed by atoms with van der Waals surface area (Å²) in [4.78, 5) is 15.1. The molecule has 1 atom stereocenters. The van der Waals surface area contributed by atoms with Crippen LogP contribution in [0, 0.1) is 5.41 Å². The van der Waals surface area contributed by atoms with Crippen LogP contribution in [0.1, 0.15) is 68.2 Å². The van der Waals surface area contributed by atoms with Gasteiger partial charge in [0.25, 0.3) is 0 Å². The van der Waals surface area contributed by atoms with Gasteiger partial charge >= 0.3 is 6.80 Å². The molecule has 9 heteroatoms. The van der Waals surface area contributed by atoms with Crippen LogP contribution < -0.4 is 0 Å². The lowest BCUT2D eigenvalue weighted by molar-refractivity contribution is -0.118. The minimum atomic E-state index is -3.34. The van der Waals surface area contributed by atoms with Crippen LogP contribution in [0.4, 0.5) is 0 Å². The topological polar surface area (TPSA) is 65.1 Å². The highest BCUT2D eigenvalue weighted by atomic mass is 32.7. The first kappa shape index (κ1) is 28.5. The Labute approximate surface area is 192 Å². The number of ether oxygens (including phenoxy) is 1. The molecule has 1 unspecified atom stereocenters. The molecule has 1 aliphatic heterocycles. The standard InChI is InChI=1S/C21H42NO5PS2/c1-9-21(7,8)27-28(24,26-19(2,3)4)30-17-16-29-18(23)20(5,6)10-11-22-12-14-25-15-13-22/h9-17H2,1-8H3. The molecule has 1 saturated heterocycles. The quantitative estimate of drug-likeness (QED) is 0.253. The first-order valence-electron chi connectivity index (χ1n) is 10.8. The van der Waals surface area contributed by atoms with Gasteiger partial charge in [0.15, 0.2) is 5.12 Å². The van der Waals surface area contributed by atoms with Gasteiger partial charge in [-0.15, -0.1) is 0 Å². The molecule has 0 N–H and O–H groups in total. The summed E-state index contributed by atoms with van der Waals surface area (Å²) in [6.07, 6.45) is 1.56. The second-order valence-corrected chi connectivity index (χ2v) is 15.0. The third kappa shape index (κ3) is 11.3. The molecule has 0 bridgehead atoms. The second-order valence-electron chi connectivity index (χ2n) is 9.91. The number of nitrogens with zero attached hydrogens (tertiary/aromatic N) is 1. The van der Waals surface area contributed by atoms with E-state index in [0.29, 0.717) is 11.5 Å². The van der Waals surface area contributed by atoms with Crippen molar-refractivity contribution in [2.24, 2.45) is 5.41 Å². The Bertz CT molecular complexity index is 586. The summed E-state index contributed by atoms with van der Waals surface area (Å²) < 4.78 is 30.5. The fourth-order valence-electron chi connectivity index (χ4n) is 2.62. The zero-order chi connectivity index (χ0) is 23.1. The lowest BCUT2D eigenvalue weighted by Gasteiger charge is -2.32. The summed E-state index contributed by atoms with van der Waals surface area (Å²) >= 11 is 2.51. The summed E-state index contributed by atoms with van der Waals surface area (Å²) in [6, 6.07) is 0. The maximum atomic E-state index is 13.3. The van der Waals surface area contributed by atoms with Crippen LogP contribution in [-0.4, -0.2) is 65.6 Å². The van der Waals surface area contributed by atoms with Crippen molar-refractivity contribution in [3.63, 3.8) is 0 Å². The maximum Gasteiger partial charge on any atom is 0.390 e. The largest absolute Gasteiger partial charge is 0.390 e. The molecular formula is C21H42NO5PS2. The van der Waals surface area contributed by atoms with Gasteiger partial charge in [0.2, 0.25) is 0 Å². The van der Waals surface area contributed by atoms with Gasteiger partial charge in [0.05, 0.1) is 24.4 Å². The molecule has 1 rings (SSSR count). The summed E-state index contributed by atoms with van der Waals surface area (Å²) in [7, 11) is 0. The first-order chi connectivity index (χ1) is 13.7. The number of hydrogen-bond donors (Lipinski definition) is 0. The Morgan fingerprint density at radius 3 is 2.17 bits per heavy atom. The summed E-state index contributed by atoms with van der Waals surface area (Å²) in [5.41, 5.74) is -1.49. The van der Waals surface area contributed by atoms with Crippen molar-refractivity contribution in [2.45, 2.75) is 79.4 Å². The number of thioether (sulfide) groups is 1. The Kier molecular flexibility index (Phi) is 11.4. The van der Waals surface area contributed by atoms with Crippen molar-refractivity contribution in [1.82, 2.24) is 4.90 Å². The maximum absolute atomic E-state index is 13.3. The molecule has 0 aromatic heterocycles. The molecule has 0 saturated carbocycles. The molecule has 0 aliphatic carbocycles. The molecule has 0 spiro atoms. The predicted molar refractivity (Wildman–Crippen MR) is 129 cm³/mol. The third-order valence-electron chi connectivity index (χ3n) is 4.87.